The third-order valence-electron chi connectivity index (χ3n) is 1.96. The summed E-state index contributed by atoms with van der Waals surface area (Å²) in [5, 5.41) is 4.60. The average Bonchev–Trinajstić information content (AvgIpc) is 2.36. The first kappa shape index (κ1) is 13.5. The molecule has 0 fully saturated rings. The van der Waals surface area contributed by atoms with Gasteiger partial charge in [0, 0.05) is 6.42 Å². The minimum atomic E-state index is -0.615. The molecule has 1 aromatic rings. The molecule has 17 heavy (non-hydrogen) atoms. The fraction of sp³-hybridized carbons (Fsp3) is 0.273. The van der Waals surface area contributed by atoms with E-state index in [0.717, 1.165) is 5.56 Å². The summed E-state index contributed by atoms with van der Waals surface area (Å²) in [6, 6.07) is 6.14. The molecule has 0 aromatic heterocycles. The van der Waals surface area contributed by atoms with Crippen molar-refractivity contribution in [3.63, 3.8) is 0 Å². The van der Waals surface area contributed by atoms with E-state index in [0.29, 0.717) is 11.5 Å². The zero-order chi connectivity index (χ0) is 12.7. The SMILES string of the molecule is COC(=O)N/N=C(/Cc1ccc(F)cc1)SC. The van der Waals surface area contributed by atoms with Gasteiger partial charge in [-0.05, 0) is 24.0 Å². The number of nitrogens with zero attached hydrogens (tertiary/aromatic N) is 1. The van der Waals surface area contributed by atoms with Crippen LogP contribution in [0, 0.1) is 5.82 Å². The van der Waals surface area contributed by atoms with Crippen molar-refractivity contribution in [2.45, 2.75) is 6.42 Å². The number of methoxy groups -OCH3 is 1. The lowest BCUT2D eigenvalue weighted by Gasteiger charge is -2.04. The molecule has 92 valence electrons. The monoisotopic (exact) mass is 256 g/mol. The van der Waals surface area contributed by atoms with Crippen LogP contribution in [0.25, 0.3) is 0 Å². The Morgan fingerprint density at radius 3 is 2.65 bits per heavy atom. The van der Waals surface area contributed by atoms with Crippen LogP contribution in [0.4, 0.5) is 9.18 Å². The topological polar surface area (TPSA) is 50.7 Å². The van der Waals surface area contributed by atoms with Crippen molar-refractivity contribution in [3.8, 4) is 0 Å². The molecule has 0 radical (unpaired) electrons. The van der Waals surface area contributed by atoms with Crippen molar-refractivity contribution < 1.29 is 13.9 Å². The molecule has 0 aliphatic heterocycles. The van der Waals surface area contributed by atoms with Gasteiger partial charge in [0.25, 0.3) is 0 Å². The van der Waals surface area contributed by atoms with Gasteiger partial charge in [-0.15, -0.1) is 11.8 Å². The molecule has 6 heteroatoms. The van der Waals surface area contributed by atoms with Crippen molar-refractivity contribution in [3.05, 3.63) is 35.6 Å². The Hall–Kier alpha value is -1.56. The zero-order valence-corrected chi connectivity index (χ0v) is 10.4. The number of carbonyl (C=O) groups is 1. The Kier molecular flexibility index (Phi) is 5.48. The Labute approximate surface area is 103 Å². The molecule has 1 N–H and O–H groups in total. The molecular formula is C11H13FN2O2S. The summed E-state index contributed by atoms with van der Waals surface area (Å²) in [5.74, 6) is -0.274. The molecule has 1 aromatic carbocycles. The summed E-state index contributed by atoms with van der Waals surface area (Å²) < 4.78 is 17.1. The summed E-state index contributed by atoms with van der Waals surface area (Å²) in [7, 11) is 1.27. The first-order chi connectivity index (χ1) is 8.15. The van der Waals surface area contributed by atoms with Gasteiger partial charge in [0.2, 0.25) is 0 Å². The predicted molar refractivity (Wildman–Crippen MR) is 66.6 cm³/mol. The van der Waals surface area contributed by atoms with E-state index in [1.807, 2.05) is 6.26 Å². The van der Waals surface area contributed by atoms with Gasteiger partial charge < -0.3 is 4.74 Å². The summed E-state index contributed by atoms with van der Waals surface area (Å²) in [5.41, 5.74) is 3.17. The highest BCUT2D eigenvalue weighted by atomic mass is 32.2. The molecule has 0 heterocycles. The van der Waals surface area contributed by atoms with E-state index in [1.165, 1.54) is 31.0 Å². The maximum Gasteiger partial charge on any atom is 0.427 e. The van der Waals surface area contributed by atoms with Crippen LogP contribution < -0.4 is 5.43 Å². The third kappa shape index (κ3) is 4.86. The first-order valence-electron chi connectivity index (χ1n) is 4.84. The molecule has 4 nitrogen and oxygen atoms in total. The van der Waals surface area contributed by atoms with Crippen LogP contribution in [-0.4, -0.2) is 24.5 Å². The van der Waals surface area contributed by atoms with Crippen LogP contribution in [0.3, 0.4) is 0 Å². The molecule has 0 aliphatic carbocycles. The Morgan fingerprint density at radius 1 is 1.47 bits per heavy atom. The minimum absolute atomic E-state index is 0.274. The van der Waals surface area contributed by atoms with Gasteiger partial charge in [-0.1, -0.05) is 12.1 Å². The van der Waals surface area contributed by atoms with Crippen molar-refractivity contribution in [2.24, 2.45) is 5.10 Å². The quantitative estimate of drug-likeness (QED) is 0.513. The average molecular weight is 256 g/mol. The Morgan fingerprint density at radius 2 is 2.12 bits per heavy atom. The van der Waals surface area contributed by atoms with Gasteiger partial charge in [0.1, 0.15) is 5.82 Å². The molecule has 0 unspecified atom stereocenters. The van der Waals surface area contributed by atoms with Crippen LogP contribution in [-0.2, 0) is 11.2 Å². The van der Waals surface area contributed by atoms with Gasteiger partial charge in [0.05, 0.1) is 12.2 Å². The van der Waals surface area contributed by atoms with E-state index in [9.17, 15) is 9.18 Å². The lowest BCUT2D eigenvalue weighted by molar-refractivity contribution is 0.171. The second-order valence-electron chi connectivity index (χ2n) is 3.12. The number of hydrogen-bond acceptors (Lipinski definition) is 4. The van der Waals surface area contributed by atoms with E-state index in [1.54, 1.807) is 12.1 Å². The largest absolute Gasteiger partial charge is 0.452 e. The lowest BCUT2D eigenvalue weighted by Crippen LogP contribution is -2.19. The van der Waals surface area contributed by atoms with E-state index < -0.39 is 6.09 Å². The fourth-order valence-corrected chi connectivity index (χ4v) is 1.54. The maximum atomic E-state index is 12.7. The van der Waals surface area contributed by atoms with Gasteiger partial charge in [-0.25, -0.2) is 14.6 Å². The van der Waals surface area contributed by atoms with Gasteiger partial charge >= 0.3 is 6.09 Å². The van der Waals surface area contributed by atoms with Gasteiger partial charge in [-0.3, -0.25) is 0 Å². The Balaban J connectivity index is 2.63. The molecule has 0 spiro atoms. The number of benzene rings is 1. The second kappa shape index (κ2) is 6.90. The van der Waals surface area contributed by atoms with E-state index in [4.69, 9.17) is 0 Å². The van der Waals surface area contributed by atoms with Crippen molar-refractivity contribution in [2.75, 3.05) is 13.4 Å². The lowest BCUT2D eigenvalue weighted by atomic mass is 10.2. The van der Waals surface area contributed by atoms with Crippen molar-refractivity contribution in [1.82, 2.24) is 5.43 Å². The summed E-state index contributed by atoms with van der Waals surface area (Å²) >= 11 is 1.41. The smallest absolute Gasteiger partial charge is 0.427 e. The number of nitrogens with one attached hydrogen (secondary N) is 1. The first-order valence-corrected chi connectivity index (χ1v) is 6.07. The molecule has 0 atom stereocenters. The van der Waals surface area contributed by atoms with Crippen molar-refractivity contribution in [1.29, 1.82) is 0 Å². The molecular weight excluding hydrogens is 243 g/mol. The van der Waals surface area contributed by atoms with E-state index in [-0.39, 0.29) is 5.82 Å². The van der Waals surface area contributed by atoms with E-state index >= 15 is 0 Å². The normalized spacial score (nSPS) is 11.1. The number of hydrazone groups is 1. The number of hydrogen-bond donors (Lipinski definition) is 1. The van der Waals surface area contributed by atoms with Gasteiger partial charge in [-0.2, -0.15) is 5.10 Å². The highest BCUT2D eigenvalue weighted by molar-refractivity contribution is 8.13. The Bertz CT molecular complexity index is 406. The third-order valence-corrected chi connectivity index (χ3v) is 2.67. The van der Waals surface area contributed by atoms with Crippen LogP contribution in [0.15, 0.2) is 29.4 Å². The minimum Gasteiger partial charge on any atom is -0.452 e. The molecule has 0 saturated carbocycles. The molecule has 0 bridgehead atoms. The van der Waals surface area contributed by atoms with Crippen LogP contribution >= 0.6 is 11.8 Å². The molecule has 0 aliphatic rings. The standard InChI is InChI=1S/C11H13FN2O2S/c1-16-11(15)14-13-10(17-2)7-8-3-5-9(12)6-4-8/h3-6H,7H2,1-2H3,(H,14,15)/b13-10-. The zero-order valence-electron chi connectivity index (χ0n) is 9.57. The fourth-order valence-electron chi connectivity index (χ4n) is 1.09. The summed E-state index contributed by atoms with van der Waals surface area (Å²) in [6.07, 6.45) is 1.77. The van der Waals surface area contributed by atoms with Crippen molar-refractivity contribution >= 4 is 22.9 Å². The number of amides is 1. The number of thioether (sulfide) groups is 1. The van der Waals surface area contributed by atoms with Crippen LogP contribution in [0.1, 0.15) is 5.56 Å². The molecule has 1 amide bonds. The highest BCUT2D eigenvalue weighted by Crippen LogP contribution is 2.09. The second-order valence-corrected chi connectivity index (χ2v) is 4.00. The highest BCUT2D eigenvalue weighted by Gasteiger charge is 2.02. The summed E-state index contributed by atoms with van der Waals surface area (Å²) in [6.45, 7) is 0. The van der Waals surface area contributed by atoms with E-state index in [2.05, 4.69) is 15.3 Å². The van der Waals surface area contributed by atoms with Crippen LogP contribution in [0.5, 0.6) is 0 Å². The van der Waals surface area contributed by atoms with Gasteiger partial charge in [0.15, 0.2) is 0 Å². The number of rotatable bonds is 3. The number of ether oxygens (including phenoxy) is 1. The molecule has 1 rings (SSSR count). The number of carbonyl (C=O) groups excluding carboxylic acids is 1. The molecule has 0 saturated heterocycles. The number of halogens is 1. The van der Waals surface area contributed by atoms with Crippen LogP contribution in [0.2, 0.25) is 0 Å². The summed E-state index contributed by atoms with van der Waals surface area (Å²) in [4.78, 5) is 10.8. The maximum absolute atomic E-state index is 12.7. The predicted octanol–water partition coefficient (Wildman–Crippen LogP) is 2.40.